The van der Waals surface area contributed by atoms with Crippen molar-refractivity contribution >= 4 is 35.9 Å². The molecule has 154 valence electrons. The molecule has 1 aromatic rings. The Morgan fingerprint density at radius 3 is 2.48 bits per heavy atom. The molecule has 1 aromatic heterocycles. The van der Waals surface area contributed by atoms with E-state index in [4.69, 9.17) is 0 Å². The van der Waals surface area contributed by atoms with Crippen LogP contribution in [0.4, 0.5) is 19.1 Å². The maximum Gasteiger partial charge on any atom is 0.411 e. The third-order valence-electron chi connectivity index (χ3n) is 3.72. The average molecular weight is 502 g/mol. The van der Waals surface area contributed by atoms with E-state index in [-0.39, 0.29) is 30.6 Å². The van der Waals surface area contributed by atoms with Gasteiger partial charge in [0.05, 0.1) is 0 Å². The van der Waals surface area contributed by atoms with E-state index in [0.29, 0.717) is 13.0 Å². The second-order valence-electron chi connectivity index (χ2n) is 5.78. The molecular formula is C16H26F3IN6O. The number of alkyl halides is 3. The molecule has 0 bridgehead atoms. The first-order valence-corrected chi connectivity index (χ1v) is 8.69. The minimum Gasteiger partial charge on any atom is -0.372 e. The quantitative estimate of drug-likeness (QED) is 0.267. The van der Waals surface area contributed by atoms with Gasteiger partial charge < -0.3 is 19.9 Å². The van der Waals surface area contributed by atoms with E-state index in [1.54, 1.807) is 18.5 Å². The molecule has 0 spiro atoms. The lowest BCUT2D eigenvalue weighted by Gasteiger charge is -2.36. The van der Waals surface area contributed by atoms with Crippen LogP contribution in [0.25, 0.3) is 0 Å². The number of ether oxygens (including phenoxy) is 1. The summed E-state index contributed by atoms with van der Waals surface area (Å²) in [6.45, 7) is 5.07. The molecule has 2 heterocycles. The number of piperazine rings is 1. The molecule has 0 saturated carbocycles. The highest BCUT2D eigenvalue weighted by atomic mass is 127. The molecule has 1 aliphatic rings. The Bertz CT molecular complexity index is 553. The monoisotopic (exact) mass is 502 g/mol. The van der Waals surface area contributed by atoms with Crippen molar-refractivity contribution < 1.29 is 17.9 Å². The summed E-state index contributed by atoms with van der Waals surface area (Å²) >= 11 is 0. The van der Waals surface area contributed by atoms with Crippen molar-refractivity contribution in [1.82, 2.24) is 20.2 Å². The molecule has 1 aliphatic heterocycles. The van der Waals surface area contributed by atoms with Crippen LogP contribution in [0.1, 0.15) is 13.3 Å². The number of aromatic nitrogens is 2. The van der Waals surface area contributed by atoms with Gasteiger partial charge in [-0.25, -0.2) is 9.97 Å². The van der Waals surface area contributed by atoms with Gasteiger partial charge in [0.15, 0.2) is 5.96 Å². The van der Waals surface area contributed by atoms with Gasteiger partial charge in [-0.05, 0) is 19.4 Å². The molecule has 0 amide bonds. The largest absolute Gasteiger partial charge is 0.411 e. The minimum atomic E-state index is -4.28. The smallest absolute Gasteiger partial charge is 0.372 e. The Balaban J connectivity index is 0.00000364. The Morgan fingerprint density at radius 1 is 1.22 bits per heavy atom. The van der Waals surface area contributed by atoms with Gasteiger partial charge in [-0.15, -0.1) is 24.0 Å². The summed E-state index contributed by atoms with van der Waals surface area (Å²) in [5.74, 6) is 1.49. The van der Waals surface area contributed by atoms with E-state index in [0.717, 1.165) is 44.6 Å². The highest BCUT2D eigenvalue weighted by Crippen LogP contribution is 2.14. The fourth-order valence-corrected chi connectivity index (χ4v) is 2.54. The van der Waals surface area contributed by atoms with Gasteiger partial charge in [0, 0.05) is 58.3 Å². The van der Waals surface area contributed by atoms with Gasteiger partial charge in [0.1, 0.15) is 6.61 Å². The van der Waals surface area contributed by atoms with Crippen LogP contribution in [0.15, 0.2) is 23.5 Å². The van der Waals surface area contributed by atoms with E-state index >= 15 is 0 Å². The predicted molar refractivity (Wildman–Crippen MR) is 109 cm³/mol. The summed E-state index contributed by atoms with van der Waals surface area (Å²) in [4.78, 5) is 17.3. The lowest BCUT2D eigenvalue weighted by atomic mass is 10.3. The Kier molecular flexibility index (Phi) is 10.7. The summed E-state index contributed by atoms with van der Waals surface area (Å²) in [7, 11) is 0. The average Bonchev–Trinajstić information content (AvgIpc) is 2.64. The van der Waals surface area contributed by atoms with Crippen LogP contribution < -0.4 is 10.2 Å². The summed E-state index contributed by atoms with van der Waals surface area (Å²) in [6.07, 6.45) is -0.384. The number of hydrogen-bond donors (Lipinski definition) is 1. The molecule has 1 fully saturated rings. The third kappa shape index (κ3) is 8.91. The molecule has 27 heavy (non-hydrogen) atoms. The van der Waals surface area contributed by atoms with E-state index in [1.165, 1.54) is 0 Å². The highest BCUT2D eigenvalue weighted by molar-refractivity contribution is 14.0. The van der Waals surface area contributed by atoms with E-state index in [9.17, 15) is 13.2 Å². The number of halogens is 4. The summed E-state index contributed by atoms with van der Waals surface area (Å²) < 4.78 is 40.6. The van der Waals surface area contributed by atoms with Gasteiger partial charge in [-0.2, -0.15) is 13.2 Å². The zero-order chi connectivity index (χ0) is 18.8. The maximum atomic E-state index is 12.0. The number of guanidine groups is 1. The molecule has 0 aliphatic carbocycles. The number of hydrogen-bond acceptors (Lipinski definition) is 5. The van der Waals surface area contributed by atoms with Crippen LogP contribution in [0.3, 0.4) is 0 Å². The molecule has 7 nitrogen and oxygen atoms in total. The second kappa shape index (κ2) is 12.2. The standard InChI is InChI=1S/C16H25F3N6O.HI/c1-2-20-14(23-7-4-12-26-13-16(17,18)19)24-8-10-25(11-9-24)15-21-5-3-6-22-15;/h3,5-6H,2,4,7-13H2,1H3,(H,20,23);1H. The highest BCUT2D eigenvalue weighted by Gasteiger charge is 2.27. The normalized spacial score (nSPS) is 15.5. The third-order valence-corrected chi connectivity index (χ3v) is 3.72. The van der Waals surface area contributed by atoms with Gasteiger partial charge in [-0.3, -0.25) is 4.99 Å². The number of nitrogens with one attached hydrogen (secondary N) is 1. The van der Waals surface area contributed by atoms with Crippen LogP contribution in [-0.4, -0.2) is 79.5 Å². The van der Waals surface area contributed by atoms with Crippen LogP contribution in [0, 0.1) is 0 Å². The number of nitrogens with zero attached hydrogens (tertiary/aromatic N) is 5. The minimum absolute atomic E-state index is 0. The van der Waals surface area contributed by atoms with Crippen LogP contribution in [-0.2, 0) is 4.74 Å². The summed E-state index contributed by atoms with van der Waals surface area (Å²) in [5, 5.41) is 3.23. The summed E-state index contributed by atoms with van der Waals surface area (Å²) in [5.41, 5.74) is 0. The Hall–Kier alpha value is -1.37. The fraction of sp³-hybridized carbons (Fsp3) is 0.688. The molecule has 0 aromatic carbocycles. The van der Waals surface area contributed by atoms with Crippen molar-refractivity contribution in [2.24, 2.45) is 4.99 Å². The summed E-state index contributed by atoms with van der Waals surface area (Å²) in [6, 6.07) is 1.79. The van der Waals surface area contributed by atoms with Crippen molar-refractivity contribution in [3.05, 3.63) is 18.5 Å². The molecule has 1 N–H and O–H groups in total. The SMILES string of the molecule is CCNC(=NCCCOCC(F)(F)F)N1CCN(c2ncccn2)CC1.I. The zero-order valence-corrected chi connectivity index (χ0v) is 17.6. The Labute approximate surface area is 174 Å². The first-order valence-electron chi connectivity index (χ1n) is 8.69. The zero-order valence-electron chi connectivity index (χ0n) is 15.3. The fourth-order valence-electron chi connectivity index (χ4n) is 2.54. The predicted octanol–water partition coefficient (Wildman–Crippen LogP) is 2.15. The second-order valence-corrected chi connectivity index (χ2v) is 5.78. The molecule has 2 rings (SSSR count). The lowest BCUT2D eigenvalue weighted by molar-refractivity contribution is -0.173. The van der Waals surface area contributed by atoms with Crippen molar-refractivity contribution in [3.63, 3.8) is 0 Å². The lowest BCUT2D eigenvalue weighted by Crippen LogP contribution is -2.53. The van der Waals surface area contributed by atoms with Gasteiger partial charge in [0.2, 0.25) is 5.95 Å². The van der Waals surface area contributed by atoms with Gasteiger partial charge >= 0.3 is 6.18 Å². The topological polar surface area (TPSA) is 65.9 Å². The van der Waals surface area contributed by atoms with Gasteiger partial charge in [-0.1, -0.05) is 0 Å². The molecule has 0 radical (unpaired) electrons. The van der Waals surface area contributed by atoms with Crippen LogP contribution in [0.2, 0.25) is 0 Å². The van der Waals surface area contributed by atoms with Crippen molar-refractivity contribution in [2.45, 2.75) is 19.5 Å². The van der Waals surface area contributed by atoms with E-state index in [1.807, 2.05) is 6.92 Å². The molecule has 1 saturated heterocycles. The first kappa shape index (κ1) is 23.7. The van der Waals surface area contributed by atoms with E-state index < -0.39 is 12.8 Å². The van der Waals surface area contributed by atoms with E-state index in [2.05, 4.69) is 34.8 Å². The first-order chi connectivity index (χ1) is 12.5. The maximum absolute atomic E-state index is 12.0. The molecular weight excluding hydrogens is 476 g/mol. The van der Waals surface area contributed by atoms with Crippen molar-refractivity contribution in [2.75, 3.05) is 57.4 Å². The number of anilines is 1. The van der Waals surface area contributed by atoms with Gasteiger partial charge in [0.25, 0.3) is 0 Å². The van der Waals surface area contributed by atoms with Crippen LogP contribution in [0.5, 0.6) is 0 Å². The number of rotatable bonds is 7. The number of aliphatic imine (C=N–C) groups is 1. The molecule has 0 atom stereocenters. The van der Waals surface area contributed by atoms with Crippen molar-refractivity contribution in [3.8, 4) is 0 Å². The van der Waals surface area contributed by atoms with Crippen molar-refractivity contribution in [1.29, 1.82) is 0 Å². The van der Waals surface area contributed by atoms with Crippen LogP contribution >= 0.6 is 24.0 Å². The molecule has 0 unspecified atom stereocenters. The Morgan fingerprint density at radius 2 is 1.89 bits per heavy atom. The molecule has 11 heteroatoms.